The van der Waals surface area contributed by atoms with Crippen LogP contribution in [0.2, 0.25) is 0 Å². The highest BCUT2D eigenvalue weighted by molar-refractivity contribution is 5.80. The Morgan fingerprint density at radius 3 is 2.14 bits per heavy atom. The van der Waals surface area contributed by atoms with Gasteiger partial charge in [-0.1, -0.05) is 67.6 Å². The van der Waals surface area contributed by atoms with Crippen molar-refractivity contribution in [3.8, 4) is 0 Å². The molecule has 6 nitrogen and oxygen atoms in total. The van der Waals surface area contributed by atoms with Gasteiger partial charge in [0.1, 0.15) is 12.9 Å². The second kappa shape index (κ2) is 12.0. The summed E-state index contributed by atoms with van der Waals surface area (Å²) in [5, 5.41) is 0. The molecule has 0 saturated carbocycles. The van der Waals surface area contributed by atoms with E-state index in [1.807, 2.05) is 50.2 Å². The third-order valence-electron chi connectivity index (χ3n) is 4.32. The summed E-state index contributed by atoms with van der Waals surface area (Å²) in [5.41, 5.74) is 1.61. The topological polar surface area (TPSA) is 71.1 Å². The molecule has 0 fully saturated rings. The monoisotopic (exact) mass is 400 g/mol. The van der Waals surface area contributed by atoms with Gasteiger partial charge in [0.2, 0.25) is 6.10 Å². The minimum atomic E-state index is -1.11. The molecule has 6 heteroatoms. The summed E-state index contributed by atoms with van der Waals surface area (Å²) in [5.74, 6) is -1.18. The summed E-state index contributed by atoms with van der Waals surface area (Å²) in [4.78, 5) is 24.1. The number of rotatable bonds is 11. The Hall–Kier alpha value is -2.70. The fourth-order valence-electron chi connectivity index (χ4n) is 2.76. The van der Waals surface area contributed by atoms with E-state index < -0.39 is 24.1 Å². The van der Waals surface area contributed by atoms with Crippen molar-refractivity contribution in [1.82, 2.24) is 0 Å². The van der Waals surface area contributed by atoms with E-state index in [2.05, 4.69) is 0 Å². The first kappa shape index (κ1) is 22.6. The lowest BCUT2D eigenvalue weighted by molar-refractivity contribution is -0.181. The van der Waals surface area contributed by atoms with E-state index in [9.17, 15) is 9.59 Å². The second-order valence-corrected chi connectivity index (χ2v) is 6.61. The summed E-state index contributed by atoms with van der Waals surface area (Å²) in [6.07, 6.45) is -1.44. The van der Waals surface area contributed by atoms with Gasteiger partial charge in [0.15, 0.2) is 0 Å². The van der Waals surface area contributed by atoms with Crippen LogP contribution in [0.1, 0.15) is 44.4 Å². The van der Waals surface area contributed by atoms with Crippen molar-refractivity contribution in [3.05, 3.63) is 71.8 Å². The Kier molecular flexibility index (Phi) is 9.34. The third kappa shape index (κ3) is 7.68. The number of carbonyl (C=O) groups excluding carboxylic acids is 2. The number of benzene rings is 2. The van der Waals surface area contributed by atoms with Gasteiger partial charge in [0.25, 0.3) is 0 Å². The predicted octanol–water partition coefficient (Wildman–Crippen LogP) is 4.19. The smallest absolute Gasteiger partial charge is 0.352 e. The van der Waals surface area contributed by atoms with Crippen LogP contribution in [0.3, 0.4) is 0 Å². The number of carbonyl (C=O) groups is 2. The van der Waals surface area contributed by atoms with Crippen LogP contribution in [0.4, 0.5) is 0 Å². The number of hydrogen-bond acceptors (Lipinski definition) is 6. The van der Waals surface area contributed by atoms with Gasteiger partial charge >= 0.3 is 11.9 Å². The quantitative estimate of drug-likeness (QED) is 0.320. The highest BCUT2D eigenvalue weighted by Crippen LogP contribution is 2.21. The molecule has 0 aliphatic rings. The van der Waals surface area contributed by atoms with Gasteiger partial charge in [-0.3, -0.25) is 4.79 Å². The van der Waals surface area contributed by atoms with Crippen molar-refractivity contribution in [2.24, 2.45) is 0 Å². The fourth-order valence-corrected chi connectivity index (χ4v) is 2.76. The van der Waals surface area contributed by atoms with Gasteiger partial charge in [-0.2, -0.15) is 0 Å². The van der Waals surface area contributed by atoms with Crippen LogP contribution >= 0.6 is 0 Å². The SMILES string of the molecule is CC[C@@H](OC(=O)[C@@H](OC(C)=O)c1ccccc1)[C@@H](C)OCOCc1ccccc1. The Balaban J connectivity index is 1.88. The number of hydrogen-bond donors (Lipinski definition) is 0. The van der Waals surface area contributed by atoms with E-state index in [4.69, 9.17) is 18.9 Å². The molecule has 0 radical (unpaired) electrons. The molecule has 156 valence electrons. The molecule has 0 amide bonds. The van der Waals surface area contributed by atoms with Crippen molar-refractivity contribution in [1.29, 1.82) is 0 Å². The van der Waals surface area contributed by atoms with Gasteiger partial charge in [-0.05, 0) is 18.9 Å². The van der Waals surface area contributed by atoms with Crippen LogP contribution < -0.4 is 0 Å². The maximum absolute atomic E-state index is 12.7. The molecule has 0 saturated heterocycles. The predicted molar refractivity (Wildman–Crippen MR) is 108 cm³/mol. The van der Waals surface area contributed by atoms with Crippen LogP contribution in [-0.2, 0) is 35.1 Å². The fraction of sp³-hybridized carbons (Fsp3) is 0.391. The van der Waals surface area contributed by atoms with E-state index in [1.165, 1.54) is 6.92 Å². The maximum Gasteiger partial charge on any atom is 0.352 e. The summed E-state index contributed by atoms with van der Waals surface area (Å²) in [6, 6.07) is 18.6. The average Bonchev–Trinajstić information content (AvgIpc) is 2.74. The Morgan fingerprint density at radius 2 is 1.55 bits per heavy atom. The van der Waals surface area contributed by atoms with Crippen LogP contribution in [0, 0.1) is 0 Å². The summed E-state index contributed by atoms with van der Waals surface area (Å²) in [7, 11) is 0. The molecule has 0 aliphatic heterocycles. The van der Waals surface area contributed by atoms with E-state index >= 15 is 0 Å². The van der Waals surface area contributed by atoms with Gasteiger partial charge in [-0.25, -0.2) is 4.79 Å². The minimum absolute atomic E-state index is 0.0795. The molecule has 29 heavy (non-hydrogen) atoms. The van der Waals surface area contributed by atoms with Crippen LogP contribution in [0.15, 0.2) is 60.7 Å². The largest absolute Gasteiger partial charge is 0.457 e. The van der Waals surface area contributed by atoms with Gasteiger partial charge in [0, 0.05) is 12.5 Å². The molecule has 2 rings (SSSR count). The third-order valence-corrected chi connectivity index (χ3v) is 4.32. The van der Waals surface area contributed by atoms with E-state index in [-0.39, 0.29) is 12.9 Å². The van der Waals surface area contributed by atoms with E-state index in [0.29, 0.717) is 18.6 Å². The van der Waals surface area contributed by atoms with Crippen molar-refractivity contribution in [3.63, 3.8) is 0 Å². The molecule has 0 N–H and O–H groups in total. The van der Waals surface area contributed by atoms with Crippen molar-refractivity contribution >= 4 is 11.9 Å². The van der Waals surface area contributed by atoms with Gasteiger partial charge in [0.05, 0.1) is 12.7 Å². The average molecular weight is 400 g/mol. The Bertz CT molecular complexity index is 746. The standard InChI is InChI=1S/C23H28O6/c1-4-21(17(2)27-16-26-15-19-11-7-5-8-12-19)29-23(25)22(28-18(3)24)20-13-9-6-10-14-20/h5-14,17,21-22H,4,15-16H2,1-3H3/t17-,21-,22+/m1/s1. The van der Waals surface area contributed by atoms with Crippen molar-refractivity contribution in [2.75, 3.05) is 6.79 Å². The number of esters is 2. The van der Waals surface area contributed by atoms with Crippen molar-refractivity contribution in [2.45, 2.75) is 52.1 Å². The normalized spacial score (nSPS) is 13.9. The minimum Gasteiger partial charge on any atom is -0.457 e. The zero-order valence-corrected chi connectivity index (χ0v) is 17.1. The molecule has 0 bridgehead atoms. The maximum atomic E-state index is 12.7. The molecule has 0 spiro atoms. The summed E-state index contributed by atoms with van der Waals surface area (Å²) in [6.45, 7) is 5.49. The Morgan fingerprint density at radius 1 is 0.931 bits per heavy atom. The second-order valence-electron chi connectivity index (χ2n) is 6.61. The molecule has 0 aliphatic carbocycles. The molecule has 0 heterocycles. The zero-order valence-electron chi connectivity index (χ0n) is 17.1. The van der Waals surface area contributed by atoms with Crippen LogP contribution in [-0.4, -0.2) is 30.9 Å². The summed E-state index contributed by atoms with van der Waals surface area (Å²) < 4.78 is 22.0. The molecule has 0 aromatic heterocycles. The molecule has 2 aromatic rings. The van der Waals surface area contributed by atoms with E-state index in [1.54, 1.807) is 24.3 Å². The van der Waals surface area contributed by atoms with Crippen LogP contribution in [0.5, 0.6) is 0 Å². The lowest BCUT2D eigenvalue weighted by Crippen LogP contribution is -2.34. The highest BCUT2D eigenvalue weighted by atomic mass is 16.7. The first-order valence-electron chi connectivity index (χ1n) is 9.67. The molecular weight excluding hydrogens is 372 g/mol. The lowest BCUT2D eigenvalue weighted by atomic mass is 10.1. The zero-order chi connectivity index (χ0) is 21.1. The van der Waals surface area contributed by atoms with Gasteiger partial charge < -0.3 is 18.9 Å². The lowest BCUT2D eigenvalue weighted by Gasteiger charge is -2.25. The van der Waals surface area contributed by atoms with Gasteiger partial charge in [-0.15, -0.1) is 0 Å². The summed E-state index contributed by atoms with van der Waals surface area (Å²) >= 11 is 0. The molecule has 0 unspecified atom stereocenters. The molecular formula is C23H28O6. The molecule has 3 atom stereocenters. The van der Waals surface area contributed by atoms with Crippen molar-refractivity contribution < 1.29 is 28.5 Å². The Labute approximate surface area is 171 Å². The van der Waals surface area contributed by atoms with Crippen LogP contribution in [0.25, 0.3) is 0 Å². The van der Waals surface area contributed by atoms with E-state index in [0.717, 1.165) is 5.56 Å². The first-order chi connectivity index (χ1) is 14.0. The molecule has 2 aromatic carbocycles. The highest BCUT2D eigenvalue weighted by Gasteiger charge is 2.29. The first-order valence-corrected chi connectivity index (χ1v) is 9.67. The number of ether oxygens (including phenoxy) is 4.